The Kier molecular flexibility index (Phi) is 5.45. The first-order valence-electron chi connectivity index (χ1n) is 10.8. The number of aromatic nitrogens is 1. The minimum atomic E-state index is -0.273. The lowest BCUT2D eigenvalue weighted by atomic mass is 9.94. The molecule has 0 aromatic carbocycles. The van der Waals surface area contributed by atoms with Crippen LogP contribution in [0.5, 0.6) is 0 Å². The van der Waals surface area contributed by atoms with E-state index in [-0.39, 0.29) is 11.4 Å². The fourth-order valence-corrected chi connectivity index (χ4v) is 5.29. The third kappa shape index (κ3) is 4.33. The Morgan fingerprint density at radius 1 is 1.29 bits per heavy atom. The number of fused-ring (bicyclic) bond motifs is 1. The van der Waals surface area contributed by atoms with Crippen LogP contribution in [0.15, 0.2) is 47.7 Å². The summed E-state index contributed by atoms with van der Waals surface area (Å²) >= 11 is 1.43. The summed E-state index contributed by atoms with van der Waals surface area (Å²) in [5, 5.41) is 3.85. The number of nitrogens with zero attached hydrogens (tertiary/aromatic N) is 3. The van der Waals surface area contributed by atoms with E-state index >= 15 is 0 Å². The number of nitrogens with one attached hydrogen (secondary N) is 1. The summed E-state index contributed by atoms with van der Waals surface area (Å²) in [7, 11) is 0. The Bertz CT molecular complexity index is 998. The highest BCUT2D eigenvalue weighted by Gasteiger charge is 2.34. The molecule has 4 aliphatic rings. The number of carbonyl (C=O) groups is 1. The van der Waals surface area contributed by atoms with Gasteiger partial charge in [0, 0.05) is 43.4 Å². The standard InChI is InChI=1S/C23H28N4O3S/c1-23(2)13-18-20(21(28)25-23)31-22(24-18)27-9-12-30-19(15-27)17-6-4-3-5-16(17)14-26-7-10-29-11-8-26/h3,5,9,12,15H,4,6-8,10-11,13-14H2,1-2H3,(H,25,28). The molecule has 1 saturated heterocycles. The van der Waals surface area contributed by atoms with Gasteiger partial charge in [-0.05, 0) is 32.3 Å². The number of rotatable bonds is 4. The highest BCUT2D eigenvalue weighted by Crippen LogP contribution is 2.35. The molecule has 1 N–H and O–H groups in total. The van der Waals surface area contributed by atoms with Crippen molar-refractivity contribution in [3.63, 3.8) is 0 Å². The number of morpholine rings is 1. The second kappa shape index (κ2) is 8.26. The van der Waals surface area contributed by atoms with Crippen molar-refractivity contribution in [1.82, 2.24) is 15.2 Å². The molecule has 7 nitrogen and oxygen atoms in total. The fourth-order valence-electron chi connectivity index (χ4n) is 4.36. The molecule has 1 aliphatic carbocycles. The minimum Gasteiger partial charge on any atom is -0.462 e. The maximum atomic E-state index is 12.5. The number of ether oxygens (including phenoxy) is 2. The van der Waals surface area contributed by atoms with E-state index in [2.05, 4.69) is 22.4 Å². The molecular weight excluding hydrogens is 412 g/mol. The first-order chi connectivity index (χ1) is 15.0. The monoisotopic (exact) mass is 440 g/mol. The van der Waals surface area contributed by atoms with E-state index in [9.17, 15) is 4.79 Å². The van der Waals surface area contributed by atoms with Gasteiger partial charge in [0.05, 0.1) is 25.1 Å². The molecule has 1 fully saturated rings. The van der Waals surface area contributed by atoms with Gasteiger partial charge in [-0.2, -0.15) is 0 Å². The lowest BCUT2D eigenvalue weighted by molar-refractivity contribution is 0.0424. The molecule has 31 heavy (non-hydrogen) atoms. The van der Waals surface area contributed by atoms with Crippen LogP contribution in [0.4, 0.5) is 5.13 Å². The van der Waals surface area contributed by atoms with Gasteiger partial charge in [0.2, 0.25) is 0 Å². The molecule has 0 saturated carbocycles. The number of thiazole rings is 1. The van der Waals surface area contributed by atoms with Crippen molar-refractivity contribution in [2.24, 2.45) is 0 Å². The maximum Gasteiger partial charge on any atom is 0.263 e. The Labute approximate surface area is 186 Å². The lowest BCUT2D eigenvalue weighted by Gasteiger charge is -2.29. The normalized spacial score (nSPS) is 23.4. The molecule has 0 bridgehead atoms. The van der Waals surface area contributed by atoms with E-state index in [0.29, 0.717) is 4.88 Å². The van der Waals surface area contributed by atoms with Gasteiger partial charge in [-0.15, -0.1) is 0 Å². The van der Waals surface area contributed by atoms with Crippen LogP contribution in [0.3, 0.4) is 0 Å². The van der Waals surface area contributed by atoms with Crippen molar-refractivity contribution in [1.29, 1.82) is 0 Å². The Morgan fingerprint density at radius 2 is 2.13 bits per heavy atom. The molecular formula is C23H28N4O3S. The summed E-state index contributed by atoms with van der Waals surface area (Å²) < 4.78 is 11.4. The Balaban J connectivity index is 1.41. The number of amides is 1. The SMILES string of the molecule is CC1(C)Cc2nc(N3C=COC(C4=C(CN5CCOCC5)C=CCC4)=C3)sc2C(=O)N1. The van der Waals surface area contributed by atoms with Crippen molar-refractivity contribution < 1.29 is 14.3 Å². The van der Waals surface area contributed by atoms with E-state index in [4.69, 9.17) is 14.5 Å². The Hall–Kier alpha value is -2.42. The number of anilines is 1. The number of allylic oxidation sites excluding steroid dienone is 2. The van der Waals surface area contributed by atoms with Crippen molar-refractivity contribution >= 4 is 22.4 Å². The van der Waals surface area contributed by atoms with Gasteiger partial charge in [0.25, 0.3) is 5.91 Å². The van der Waals surface area contributed by atoms with Gasteiger partial charge in [-0.3, -0.25) is 14.6 Å². The first-order valence-corrected chi connectivity index (χ1v) is 11.6. The van der Waals surface area contributed by atoms with Gasteiger partial charge in [0.1, 0.15) is 16.9 Å². The molecule has 0 spiro atoms. The smallest absolute Gasteiger partial charge is 0.263 e. The molecule has 0 atom stereocenters. The van der Waals surface area contributed by atoms with Crippen LogP contribution in [0.2, 0.25) is 0 Å². The second-order valence-electron chi connectivity index (χ2n) is 8.92. The molecule has 5 rings (SSSR count). The molecule has 0 radical (unpaired) electrons. The van der Waals surface area contributed by atoms with Gasteiger partial charge < -0.3 is 14.8 Å². The van der Waals surface area contributed by atoms with E-state index in [1.165, 1.54) is 22.5 Å². The van der Waals surface area contributed by atoms with E-state index < -0.39 is 0 Å². The molecule has 3 aliphatic heterocycles. The zero-order valence-corrected chi connectivity index (χ0v) is 18.8. The third-order valence-electron chi connectivity index (χ3n) is 5.91. The highest BCUT2D eigenvalue weighted by molar-refractivity contribution is 7.17. The zero-order chi connectivity index (χ0) is 21.4. The average Bonchev–Trinajstić information content (AvgIpc) is 3.18. The van der Waals surface area contributed by atoms with Crippen LogP contribution in [-0.4, -0.2) is 54.2 Å². The fraction of sp³-hybridized carbons (Fsp3) is 0.478. The van der Waals surface area contributed by atoms with Crippen molar-refractivity contribution in [2.45, 2.75) is 38.6 Å². The lowest BCUT2D eigenvalue weighted by Crippen LogP contribution is -2.48. The predicted molar refractivity (Wildman–Crippen MR) is 121 cm³/mol. The summed E-state index contributed by atoms with van der Waals surface area (Å²) in [6.45, 7) is 8.46. The van der Waals surface area contributed by atoms with Crippen molar-refractivity contribution in [2.75, 3.05) is 37.7 Å². The van der Waals surface area contributed by atoms with Gasteiger partial charge in [0.15, 0.2) is 5.13 Å². The van der Waals surface area contributed by atoms with E-state index in [0.717, 1.165) is 68.7 Å². The van der Waals surface area contributed by atoms with Crippen LogP contribution in [0, 0.1) is 0 Å². The maximum absolute atomic E-state index is 12.5. The second-order valence-corrected chi connectivity index (χ2v) is 9.90. The van der Waals surface area contributed by atoms with E-state index in [1.54, 1.807) is 6.26 Å². The third-order valence-corrected chi connectivity index (χ3v) is 7.02. The van der Waals surface area contributed by atoms with Gasteiger partial charge >= 0.3 is 0 Å². The van der Waals surface area contributed by atoms with Crippen LogP contribution < -0.4 is 10.2 Å². The van der Waals surface area contributed by atoms with Gasteiger partial charge in [-0.1, -0.05) is 23.5 Å². The topological polar surface area (TPSA) is 66.9 Å². The van der Waals surface area contributed by atoms with Crippen LogP contribution in [-0.2, 0) is 15.9 Å². The summed E-state index contributed by atoms with van der Waals surface area (Å²) in [6, 6.07) is 0. The summed E-state index contributed by atoms with van der Waals surface area (Å²) in [4.78, 5) is 22.4. The molecule has 4 heterocycles. The predicted octanol–water partition coefficient (Wildman–Crippen LogP) is 3.34. The number of hydrogen-bond donors (Lipinski definition) is 1. The average molecular weight is 441 g/mol. The zero-order valence-electron chi connectivity index (χ0n) is 18.0. The van der Waals surface area contributed by atoms with Crippen LogP contribution in [0.25, 0.3) is 0 Å². The van der Waals surface area contributed by atoms with E-state index in [1.807, 2.05) is 31.1 Å². The van der Waals surface area contributed by atoms with Crippen LogP contribution >= 0.6 is 11.3 Å². The number of carbonyl (C=O) groups excluding carboxylic acids is 1. The van der Waals surface area contributed by atoms with Crippen molar-refractivity contribution in [3.8, 4) is 0 Å². The summed E-state index contributed by atoms with van der Waals surface area (Å²) in [6.07, 6.45) is 12.7. The molecule has 8 heteroatoms. The largest absolute Gasteiger partial charge is 0.462 e. The minimum absolute atomic E-state index is 0.0376. The quantitative estimate of drug-likeness (QED) is 0.775. The molecule has 0 unspecified atom stereocenters. The molecule has 1 aromatic heterocycles. The van der Waals surface area contributed by atoms with Crippen molar-refractivity contribution in [3.05, 3.63) is 58.3 Å². The van der Waals surface area contributed by atoms with Crippen LogP contribution in [0.1, 0.15) is 42.1 Å². The summed E-state index contributed by atoms with van der Waals surface area (Å²) in [5.41, 5.74) is 3.14. The number of hydrogen-bond acceptors (Lipinski definition) is 7. The highest BCUT2D eigenvalue weighted by atomic mass is 32.1. The molecule has 1 amide bonds. The first kappa shape index (κ1) is 20.5. The van der Waals surface area contributed by atoms with Gasteiger partial charge in [-0.25, -0.2) is 4.98 Å². The summed E-state index contributed by atoms with van der Waals surface area (Å²) in [5.74, 6) is 0.817. The Morgan fingerprint density at radius 3 is 2.97 bits per heavy atom. The molecule has 1 aromatic rings. The molecule has 164 valence electrons.